The summed E-state index contributed by atoms with van der Waals surface area (Å²) in [6.45, 7) is 8.60. The Bertz CT molecular complexity index is 417. The molecule has 2 rings (SSSR count). The van der Waals surface area contributed by atoms with Crippen molar-refractivity contribution in [2.45, 2.75) is 64.8 Å². The number of piperidine rings is 1. The lowest BCUT2D eigenvalue weighted by Gasteiger charge is -2.37. The first kappa shape index (κ1) is 19.2. The van der Waals surface area contributed by atoms with Crippen LogP contribution >= 0.6 is 0 Å². The van der Waals surface area contributed by atoms with Gasteiger partial charge in [-0.25, -0.2) is 4.79 Å². The molecule has 1 unspecified atom stereocenters. The summed E-state index contributed by atoms with van der Waals surface area (Å²) in [7, 11) is 1.95. The number of rotatable bonds is 5. The van der Waals surface area contributed by atoms with Gasteiger partial charge in [0.25, 0.3) is 0 Å². The molecule has 0 aromatic rings. The highest BCUT2D eigenvalue weighted by atomic mass is 16.6. The van der Waals surface area contributed by atoms with Crippen LogP contribution in [0.25, 0.3) is 0 Å². The largest absolute Gasteiger partial charge is 0.450 e. The first-order valence-electron chi connectivity index (χ1n) is 9.80. The lowest BCUT2D eigenvalue weighted by molar-refractivity contribution is 0.105. The second-order valence-electron chi connectivity index (χ2n) is 7.05. The van der Waals surface area contributed by atoms with Crippen molar-refractivity contribution >= 4 is 11.8 Å². The van der Waals surface area contributed by atoms with Gasteiger partial charge in [-0.2, -0.15) is 0 Å². The fraction of sp³-hybridized carbons (Fsp3) is 0.895. The van der Waals surface area contributed by atoms with Crippen LogP contribution in [-0.4, -0.2) is 67.5 Å². The highest BCUT2D eigenvalue weighted by Crippen LogP contribution is 2.26. The molecule has 0 spiro atoms. The number of ether oxygens (including phenoxy) is 1. The highest BCUT2D eigenvalue weighted by molar-refractivity contribution is 5.86. The van der Waals surface area contributed by atoms with E-state index in [2.05, 4.69) is 16.8 Å². The normalized spacial score (nSPS) is 24.7. The van der Waals surface area contributed by atoms with E-state index in [4.69, 9.17) is 4.74 Å². The van der Waals surface area contributed by atoms with Crippen molar-refractivity contribution in [3.63, 3.8) is 0 Å². The molecular formula is C19H35N3O2. The maximum atomic E-state index is 11.9. The van der Waals surface area contributed by atoms with Gasteiger partial charge < -0.3 is 14.5 Å². The summed E-state index contributed by atoms with van der Waals surface area (Å²) < 4.78 is 5.15. The van der Waals surface area contributed by atoms with Crippen LogP contribution in [0.2, 0.25) is 0 Å². The summed E-state index contributed by atoms with van der Waals surface area (Å²) in [5, 5.41) is 0. The molecule has 2 heterocycles. The minimum Gasteiger partial charge on any atom is -0.450 e. The number of nitrogens with zero attached hydrogens (tertiary/aromatic N) is 3. The second-order valence-corrected chi connectivity index (χ2v) is 7.05. The molecule has 1 amide bonds. The molecule has 2 aliphatic heterocycles. The van der Waals surface area contributed by atoms with E-state index in [1.54, 1.807) is 0 Å². The topological polar surface area (TPSA) is 45.1 Å². The number of hydrogen-bond donors (Lipinski definition) is 0. The van der Waals surface area contributed by atoms with E-state index >= 15 is 0 Å². The first-order valence-corrected chi connectivity index (χ1v) is 9.80. The molecule has 0 aromatic carbocycles. The van der Waals surface area contributed by atoms with E-state index in [-0.39, 0.29) is 6.09 Å². The number of likely N-dealkylation sites (tertiary alicyclic amines) is 2. The lowest BCUT2D eigenvalue weighted by Crippen LogP contribution is -2.43. The fourth-order valence-corrected chi connectivity index (χ4v) is 4.19. The van der Waals surface area contributed by atoms with Crippen LogP contribution in [0.1, 0.15) is 58.8 Å². The second kappa shape index (κ2) is 10.0. The molecule has 0 saturated carbocycles. The van der Waals surface area contributed by atoms with Gasteiger partial charge in [0.1, 0.15) is 0 Å². The van der Waals surface area contributed by atoms with E-state index in [0.717, 1.165) is 32.4 Å². The van der Waals surface area contributed by atoms with E-state index in [9.17, 15) is 4.79 Å². The van der Waals surface area contributed by atoms with Gasteiger partial charge in [-0.15, -0.1) is 0 Å². The third-order valence-electron chi connectivity index (χ3n) is 5.53. The first-order chi connectivity index (χ1) is 11.7. The van der Waals surface area contributed by atoms with Crippen LogP contribution in [0.4, 0.5) is 4.79 Å². The molecule has 2 saturated heterocycles. The van der Waals surface area contributed by atoms with Crippen LogP contribution in [0.15, 0.2) is 4.99 Å². The average molecular weight is 338 g/mol. The standard InChI is InChI=1S/C19H35N3O2/c1-4-7-18(20-3)16-9-13-21(14-10-16)17-8-6-12-22(15-11-17)19(23)24-5-2/h16-17H,4-15H2,1-3H3. The monoisotopic (exact) mass is 337 g/mol. The molecule has 5 heteroatoms. The summed E-state index contributed by atoms with van der Waals surface area (Å²) in [6.07, 6.45) is 8.05. The molecule has 1 atom stereocenters. The van der Waals surface area contributed by atoms with Crippen LogP contribution in [0.5, 0.6) is 0 Å². The Balaban J connectivity index is 1.81. The van der Waals surface area contributed by atoms with Crippen molar-refractivity contribution in [1.29, 1.82) is 0 Å². The number of carbonyl (C=O) groups is 1. The summed E-state index contributed by atoms with van der Waals surface area (Å²) in [6, 6.07) is 0.624. The third kappa shape index (κ3) is 5.20. The Morgan fingerprint density at radius 3 is 2.46 bits per heavy atom. The maximum absolute atomic E-state index is 11.9. The van der Waals surface area contributed by atoms with Gasteiger partial charge >= 0.3 is 6.09 Å². The summed E-state index contributed by atoms with van der Waals surface area (Å²) >= 11 is 0. The molecule has 0 aromatic heterocycles. The summed E-state index contributed by atoms with van der Waals surface area (Å²) in [5.74, 6) is 0.688. The van der Waals surface area contributed by atoms with Gasteiger partial charge in [-0.1, -0.05) is 13.3 Å². The van der Waals surface area contributed by atoms with E-state index in [0.29, 0.717) is 18.6 Å². The molecule has 0 radical (unpaired) electrons. The fourth-order valence-electron chi connectivity index (χ4n) is 4.19. The van der Waals surface area contributed by atoms with Gasteiger partial charge in [0.05, 0.1) is 6.61 Å². The van der Waals surface area contributed by atoms with Crippen LogP contribution in [0.3, 0.4) is 0 Å². The Labute approximate surface area is 147 Å². The van der Waals surface area contributed by atoms with Gasteiger partial charge in [0.15, 0.2) is 0 Å². The molecule has 2 fully saturated rings. The maximum Gasteiger partial charge on any atom is 0.409 e. The van der Waals surface area contributed by atoms with E-state index in [1.807, 2.05) is 18.9 Å². The van der Waals surface area contributed by atoms with E-state index < -0.39 is 0 Å². The molecule has 0 N–H and O–H groups in total. The zero-order valence-electron chi connectivity index (χ0n) is 15.8. The zero-order valence-corrected chi connectivity index (χ0v) is 15.8. The predicted octanol–water partition coefficient (Wildman–Crippen LogP) is 3.58. The van der Waals surface area contributed by atoms with Crippen LogP contribution in [-0.2, 0) is 4.74 Å². The molecular weight excluding hydrogens is 302 g/mol. The Hall–Kier alpha value is -1.10. The van der Waals surface area contributed by atoms with Gasteiger partial charge in [-0.05, 0) is 64.5 Å². The predicted molar refractivity (Wildman–Crippen MR) is 98.8 cm³/mol. The zero-order chi connectivity index (χ0) is 17.4. The SMILES string of the molecule is CCCC(=NC)C1CCN(C2CCCN(C(=O)OCC)CC2)CC1. The van der Waals surface area contributed by atoms with Crippen molar-refractivity contribution in [1.82, 2.24) is 9.80 Å². The molecule has 24 heavy (non-hydrogen) atoms. The summed E-state index contributed by atoms with van der Waals surface area (Å²) in [5.41, 5.74) is 1.42. The Morgan fingerprint density at radius 1 is 1.08 bits per heavy atom. The minimum absolute atomic E-state index is 0.139. The van der Waals surface area contributed by atoms with Crippen molar-refractivity contribution in [2.75, 3.05) is 39.8 Å². The minimum atomic E-state index is -0.139. The third-order valence-corrected chi connectivity index (χ3v) is 5.53. The highest BCUT2D eigenvalue weighted by Gasteiger charge is 2.29. The van der Waals surface area contributed by atoms with Crippen LogP contribution in [0, 0.1) is 5.92 Å². The van der Waals surface area contributed by atoms with Crippen molar-refractivity contribution < 1.29 is 9.53 Å². The number of carbonyl (C=O) groups excluding carboxylic acids is 1. The quantitative estimate of drug-likeness (QED) is 0.720. The molecule has 0 bridgehead atoms. The summed E-state index contributed by atoms with van der Waals surface area (Å²) in [4.78, 5) is 21.0. The van der Waals surface area contributed by atoms with Gasteiger partial charge in [-0.3, -0.25) is 4.99 Å². The van der Waals surface area contributed by atoms with Crippen molar-refractivity contribution in [2.24, 2.45) is 10.9 Å². The average Bonchev–Trinajstić information content (AvgIpc) is 2.86. The molecule has 138 valence electrons. The Morgan fingerprint density at radius 2 is 1.83 bits per heavy atom. The van der Waals surface area contributed by atoms with Crippen molar-refractivity contribution in [3.05, 3.63) is 0 Å². The molecule has 5 nitrogen and oxygen atoms in total. The number of hydrogen-bond acceptors (Lipinski definition) is 4. The van der Waals surface area contributed by atoms with Gasteiger partial charge in [0.2, 0.25) is 0 Å². The lowest BCUT2D eigenvalue weighted by atomic mass is 9.88. The smallest absolute Gasteiger partial charge is 0.409 e. The van der Waals surface area contributed by atoms with Gasteiger partial charge in [0, 0.05) is 31.9 Å². The van der Waals surface area contributed by atoms with Crippen LogP contribution < -0.4 is 0 Å². The number of amides is 1. The van der Waals surface area contributed by atoms with E-state index in [1.165, 1.54) is 44.5 Å². The van der Waals surface area contributed by atoms with Crippen molar-refractivity contribution in [3.8, 4) is 0 Å². The number of aliphatic imine (C=N–C) groups is 1. The Kier molecular flexibility index (Phi) is 8.03. The molecule has 0 aliphatic carbocycles. The molecule has 2 aliphatic rings.